The summed E-state index contributed by atoms with van der Waals surface area (Å²) in [6.45, 7) is 1.90. The van der Waals surface area contributed by atoms with Crippen molar-refractivity contribution in [3.05, 3.63) is 77.4 Å². The summed E-state index contributed by atoms with van der Waals surface area (Å²) in [7, 11) is 0. The van der Waals surface area contributed by atoms with Crippen LogP contribution < -0.4 is 10.1 Å². The molecular weight excluding hydrogens is 480 g/mol. The number of nitrogens with one attached hydrogen (secondary N) is 1. The van der Waals surface area contributed by atoms with Gasteiger partial charge in [0.25, 0.3) is 0 Å². The Labute approximate surface area is 213 Å². The van der Waals surface area contributed by atoms with Gasteiger partial charge in [-0.15, -0.1) is 0 Å². The number of aromatic nitrogens is 2. The third-order valence-electron chi connectivity index (χ3n) is 7.03. The van der Waals surface area contributed by atoms with E-state index in [1.807, 2.05) is 47.4 Å². The number of piperidine rings is 1. The Kier molecular flexibility index (Phi) is 5.99. The van der Waals surface area contributed by atoms with E-state index in [2.05, 4.69) is 21.5 Å². The molecule has 2 aliphatic heterocycles. The maximum absolute atomic E-state index is 12.9. The lowest BCUT2D eigenvalue weighted by molar-refractivity contribution is -0.0355. The number of urea groups is 1. The van der Waals surface area contributed by atoms with Crippen molar-refractivity contribution in [2.45, 2.75) is 30.8 Å². The minimum absolute atomic E-state index is 0.167. The molecule has 184 valence electrons. The molecule has 1 spiro atoms. The van der Waals surface area contributed by atoms with Crippen LogP contribution in [0.4, 0.5) is 10.6 Å². The summed E-state index contributed by atoms with van der Waals surface area (Å²) < 4.78 is 17.6. The summed E-state index contributed by atoms with van der Waals surface area (Å²) >= 11 is 5.91. The Morgan fingerprint density at radius 1 is 1.11 bits per heavy atom. The van der Waals surface area contributed by atoms with Crippen LogP contribution in [0.1, 0.15) is 30.7 Å². The fourth-order valence-electron chi connectivity index (χ4n) is 5.06. The van der Waals surface area contributed by atoms with E-state index in [4.69, 9.17) is 25.6 Å². The first-order valence-corrected chi connectivity index (χ1v) is 12.4. The summed E-state index contributed by atoms with van der Waals surface area (Å²) in [6.07, 6.45) is 4.07. The number of hydrogen-bond acceptors (Lipinski definition) is 6. The highest BCUT2D eigenvalue weighted by molar-refractivity contribution is 6.30. The Hall–Kier alpha value is -3.62. The first-order chi connectivity index (χ1) is 17.6. The summed E-state index contributed by atoms with van der Waals surface area (Å²) in [4.78, 5) is 18.9. The molecule has 2 amide bonds. The van der Waals surface area contributed by atoms with Gasteiger partial charge in [-0.05, 0) is 55.2 Å². The molecule has 0 aliphatic carbocycles. The summed E-state index contributed by atoms with van der Waals surface area (Å²) in [5, 5.41) is 8.26. The molecule has 2 saturated heterocycles. The number of carbonyl (C=O) groups is 1. The zero-order valence-corrected chi connectivity index (χ0v) is 20.3. The predicted octanol–water partition coefficient (Wildman–Crippen LogP) is 6.24. The summed E-state index contributed by atoms with van der Waals surface area (Å²) in [5.41, 5.74) is 1.61. The average molecular weight is 505 g/mol. The fourth-order valence-corrected chi connectivity index (χ4v) is 5.17. The predicted molar refractivity (Wildman–Crippen MR) is 136 cm³/mol. The molecule has 36 heavy (non-hydrogen) atoms. The van der Waals surface area contributed by atoms with Crippen LogP contribution in [0.2, 0.25) is 5.02 Å². The molecule has 4 aromatic rings. The highest BCUT2D eigenvalue weighted by Gasteiger charge is 2.44. The van der Waals surface area contributed by atoms with E-state index < -0.39 is 0 Å². The number of ether oxygens (including phenoxy) is 2. The van der Waals surface area contributed by atoms with Gasteiger partial charge in [0.2, 0.25) is 5.88 Å². The average Bonchev–Trinajstić information content (AvgIpc) is 3.51. The molecule has 1 atom stereocenters. The number of carbonyl (C=O) groups excluding carboxylic acids is 1. The van der Waals surface area contributed by atoms with Crippen LogP contribution in [-0.2, 0) is 4.74 Å². The van der Waals surface area contributed by atoms with Gasteiger partial charge in [-0.25, -0.2) is 9.78 Å². The summed E-state index contributed by atoms with van der Waals surface area (Å²) in [5.74, 6) is 1.95. The van der Waals surface area contributed by atoms with Crippen molar-refractivity contribution in [1.29, 1.82) is 0 Å². The van der Waals surface area contributed by atoms with E-state index in [0.29, 0.717) is 42.0 Å². The number of rotatable bonds is 4. The summed E-state index contributed by atoms with van der Waals surface area (Å²) in [6, 6.07) is 18.9. The minimum atomic E-state index is -0.212. The van der Waals surface area contributed by atoms with Crippen LogP contribution in [0, 0.1) is 0 Å². The van der Waals surface area contributed by atoms with Crippen molar-refractivity contribution in [3.63, 3.8) is 0 Å². The van der Waals surface area contributed by atoms with Crippen molar-refractivity contribution in [2.24, 2.45) is 0 Å². The Morgan fingerprint density at radius 3 is 2.81 bits per heavy atom. The SMILES string of the molecule is O=C(Nc1noc2ccccc12)N1CCC2(CC1)CC(c1cccc(Oc3ccc(Cl)cn3)c1)CO2. The third kappa shape index (κ3) is 4.62. The van der Waals surface area contributed by atoms with Gasteiger partial charge in [-0.3, -0.25) is 5.32 Å². The molecule has 0 bridgehead atoms. The number of amides is 2. The first kappa shape index (κ1) is 22.8. The molecule has 2 aromatic carbocycles. The lowest BCUT2D eigenvalue weighted by Crippen LogP contribution is -2.47. The van der Waals surface area contributed by atoms with E-state index in [-0.39, 0.29) is 17.6 Å². The number of hydrogen-bond donors (Lipinski definition) is 1. The zero-order valence-electron chi connectivity index (χ0n) is 19.5. The molecule has 2 fully saturated rings. The maximum atomic E-state index is 12.9. The molecule has 1 N–H and O–H groups in total. The van der Waals surface area contributed by atoms with Gasteiger partial charge in [0.05, 0.1) is 22.6 Å². The standard InChI is InChI=1S/C27H25ClN4O4/c28-20-8-9-24(29-16-20)35-21-5-3-4-18(14-21)19-15-27(34-17-19)10-12-32(13-11-27)26(33)30-25-22-6-1-2-7-23(22)36-31-25/h1-9,14,16,19H,10-13,15,17H2,(H,30,31,33). The van der Waals surface area contributed by atoms with Crippen molar-refractivity contribution >= 4 is 34.4 Å². The largest absolute Gasteiger partial charge is 0.439 e. The highest BCUT2D eigenvalue weighted by atomic mass is 35.5. The van der Waals surface area contributed by atoms with Crippen LogP contribution in [0.25, 0.3) is 11.0 Å². The molecule has 8 nitrogen and oxygen atoms in total. The number of fused-ring (bicyclic) bond motifs is 1. The Morgan fingerprint density at radius 2 is 1.97 bits per heavy atom. The second-order valence-electron chi connectivity index (χ2n) is 9.33. The molecule has 2 aliphatic rings. The van der Waals surface area contributed by atoms with Gasteiger partial charge < -0.3 is 18.9 Å². The number of nitrogens with zero attached hydrogens (tertiary/aromatic N) is 3. The van der Waals surface area contributed by atoms with Crippen molar-refractivity contribution < 1.29 is 18.8 Å². The highest BCUT2D eigenvalue weighted by Crippen LogP contribution is 2.43. The molecule has 0 radical (unpaired) electrons. The fraction of sp³-hybridized carbons (Fsp3) is 0.296. The lowest BCUT2D eigenvalue weighted by atomic mass is 9.83. The smallest absolute Gasteiger partial charge is 0.323 e. The van der Waals surface area contributed by atoms with Crippen LogP contribution >= 0.6 is 11.6 Å². The van der Waals surface area contributed by atoms with Gasteiger partial charge in [-0.1, -0.05) is 41.0 Å². The van der Waals surface area contributed by atoms with Gasteiger partial charge in [0.15, 0.2) is 11.4 Å². The quantitative estimate of drug-likeness (QED) is 0.354. The van der Waals surface area contributed by atoms with Gasteiger partial charge in [0, 0.05) is 31.3 Å². The lowest BCUT2D eigenvalue weighted by Gasteiger charge is -2.38. The number of halogens is 1. The van der Waals surface area contributed by atoms with E-state index in [1.54, 1.807) is 18.3 Å². The normalized spacial score (nSPS) is 19.0. The molecule has 2 aromatic heterocycles. The second kappa shape index (κ2) is 9.44. The zero-order chi connectivity index (χ0) is 24.5. The van der Waals surface area contributed by atoms with Crippen LogP contribution in [0.3, 0.4) is 0 Å². The Balaban J connectivity index is 1.06. The number of pyridine rings is 1. The van der Waals surface area contributed by atoms with E-state index in [1.165, 1.54) is 5.56 Å². The topological polar surface area (TPSA) is 89.7 Å². The minimum Gasteiger partial charge on any atom is -0.439 e. The maximum Gasteiger partial charge on any atom is 0.323 e. The monoisotopic (exact) mass is 504 g/mol. The van der Waals surface area contributed by atoms with Crippen molar-refractivity contribution in [1.82, 2.24) is 15.0 Å². The molecule has 6 rings (SSSR count). The van der Waals surface area contributed by atoms with E-state index >= 15 is 0 Å². The van der Waals surface area contributed by atoms with E-state index in [9.17, 15) is 4.79 Å². The van der Waals surface area contributed by atoms with Crippen LogP contribution in [-0.4, -0.2) is 46.4 Å². The van der Waals surface area contributed by atoms with Gasteiger partial charge in [0.1, 0.15) is 5.75 Å². The van der Waals surface area contributed by atoms with Crippen molar-refractivity contribution in [3.8, 4) is 11.6 Å². The van der Waals surface area contributed by atoms with E-state index in [0.717, 1.165) is 30.4 Å². The molecule has 0 saturated carbocycles. The molecule has 9 heteroatoms. The van der Waals surface area contributed by atoms with Gasteiger partial charge >= 0.3 is 6.03 Å². The number of likely N-dealkylation sites (tertiary alicyclic amines) is 1. The first-order valence-electron chi connectivity index (χ1n) is 12.0. The molecular formula is C27H25ClN4O4. The van der Waals surface area contributed by atoms with Crippen LogP contribution in [0.15, 0.2) is 71.4 Å². The second-order valence-corrected chi connectivity index (χ2v) is 9.77. The van der Waals surface area contributed by atoms with Crippen LogP contribution in [0.5, 0.6) is 11.6 Å². The number of anilines is 1. The number of benzene rings is 2. The van der Waals surface area contributed by atoms with Gasteiger partial charge in [-0.2, -0.15) is 0 Å². The van der Waals surface area contributed by atoms with Crippen molar-refractivity contribution in [2.75, 3.05) is 25.0 Å². The molecule has 1 unspecified atom stereocenters. The number of para-hydroxylation sites is 1. The Bertz CT molecular complexity index is 1380. The third-order valence-corrected chi connectivity index (χ3v) is 7.25. The molecule has 4 heterocycles.